The van der Waals surface area contributed by atoms with E-state index < -0.39 is 5.54 Å². The minimum atomic E-state index is -0.663. The zero-order chi connectivity index (χ0) is 14.0. The molecule has 4 nitrogen and oxygen atoms in total. The Morgan fingerprint density at radius 2 is 1.89 bits per heavy atom. The summed E-state index contributed by atoms with van der Waals surface area (Å²) in [5.41, 5.74) is -0.663. The molecule has 0 aromatic rings. The SMILES string of the molecule is CCC1(CC)NC(=O)C(C)N(CCC2CCC2)C1=O. The summed E-state index contributed by atoms with van der Waals surface area (Å²) < 4.78 is 0. The lowest BCUT2D eigenvalue weighted by Gasteiger charge is -2.45. The van der Waals surface area contributed by atoms with Crippen molar-refractivity contribution < 1.29 is 9.59 Å². The molecule has 2 rings (SSSR count). The molecule has 2 aliphatic rings. The van der Waals surface area contributed by atoms with Gasteiger partial charge in [-0.15, -0.1) is 0 Å². The highest BCUT2D eigenvalue weighted by Crippen LogP contribution is 2.31. The normalized spacial score (nSPS) is 27.1. The monoisotopic (exact) mass is 266 g/mol. The molecule has 0 aromatic heterocycles. The second-order valence-corrected chi connectivity index (χ2v) is 6.04. The molecule has 0 aromatic carbocycles. The molecule has 2 amide bonds. The van der Waals surface area contributed by atoms with E-state index >= 15 is 0 Å². The smallest absolute Gasteiger partial charge is 0.248 e. The maximum absolute atomic E-state index is 12.7. The molecule has 1 saturated heterocycles. The van der Waals surface area contributed by atoms with Crippen molar-refractivity contribution in [3.8, 4) is 0 Å². The van der Waals surface area contributed by atoms with E-state index in [0.29, 0.717) is 12.8 Å². The van der Waals surface area contributed by atoms with Crippen molar-refractivity contribution in [2.75, 3.05) is 6.54 Å². The number of hydrogen-bond acceptors (Lipinski definition) is 2. The third-order valence-electron chi connectivity index (χ3n) is 5.09. The van der Waals surface area contributed by atoms with Crippen LogP contribution in [-0.2, 0) is 9.59 Å². The number of hydrogen-bond donors (Lipinski definition) is 1. The van der Waals surface area contributed by atoms with E-state index in [1.54, 1.807) is 0 Å². The van der Waals surface area contributed by atoms with E-state index in [1.807, 2.05) is 25.7 Å². The molecular formula is C15H26N2O2. The van der Waals surface area contributed by atoms with Crippen LogP contribution >= 0.6 is 0 Å². The number of nitrogens with zero attached hydrogens (tertiary/aromatic N) is 1. The summed E-state index contributed by atoms with van der Waals surface area (Å²) in [6, 6.07) is -0.321. The molecule has 0 spiro atoms. The zero-order valence-electron chi connectivity index (χ0n) is 12.4. The number of carbonyl (C=O) groups is 2. The summed E-state index contributed by atoms with van der Waals surface area (Å²) >= 11 is 0. The van der Waals surface area contributed by atoms with Gasteiger partial charge in [0.05, 0.1) is 0 Å². The Hall–Kier alpha value is -1.06. The lowest BCUT2D eigenvalue weighted by Crippen LogP contribution is -2.69. The van der Waals surface area contributed by atoms with Crippen LogP contribution in [0.15, 0.2) is 0 Å². The Morgan fingerprint density at radius 3 is 2.37 bits per heavy atom. The number of nitrogens with one attached hydrogen (secondary N) is 1. The number of amides is 2. The van der Waals surface area contributed by atoms with Crippen LogP contribution in [0.3, 0.4) is 0 Å². The molecular weight excluding hydrogens is 240 g/mol. The lowest BCUT2D eigenvalue weighted by molar-refractivity contribution is -0.155. The maximum atomic E-state index is 12.7. The van der Waals surface area contributed by atoms with Gasteiger partial charge in [0.1, 0.15) is 11.6 Å². The highest BCUT2D eigenvalue weighted by atomic mass is 16.2. The molecule has 19 heavy (non-hydrogen) atoms. The van der Waals surface area contributed by atoms with E-state index in [1.165, 1.54) is 19.3 Å². The molecule has 1 aliphatic carbocycles. The molecule has 1 heterocycles. The third kappa shape index (κ3) is 2.49. The average molecular weight is 266 g/mol. The molecule has 1 aliphatic heterocycles. The second kappa shape index (κ2) is 5.51. The fourth-order valence-electron chi connectivity index (χ4n) is 3.11. The summed E-state index contributed by atoms with van der Waals surface area (Å²) in [6.07, 6.45) is 6.28. The van der Waals surface area contributed by atoms with Gasteiger partial charge in [0, 0.05) is 6.54 Å². The summed E-state index contributed by atoms with van der Waals surface area (Å²) in [7, 11) is 0. The summed E-state index contributed by atoms with van der Waals surface area (Å²) in [4.78, 5) is 26.6. The van der Waals surface area contributed by atoms with Crippen molar-refractivity contribution in [1.82, 2.24) is 10.2 Å². The van der Waals surface area contributed by atoms with Gasteiger partial charge in [-0.3, -0.25) is 9.59 Å². The van der Waals surface area contributed by atoms with Crippen LogP contribution in [0.5, 0.6) is 0 Å². The molecule has 1 unspecified atom stereocenters. The van der Waals surface area contributed by atoms with Gasteiger partial charge in [-0.1, -0.05) is 33.1 Å². The van der Waals surface area contributed by atoms with Crippen molar-refractivity contribution in [3.63, 3.8) is 0 Å². The number of piperazine rings is 1. The minimum Gasteiger partial charge on any atom is -0.340 e. The first kappa shape index (κ1) is 14.4. The molecule has 1 N–H and O–H groups in total. The van der Waals surface area contributed by atoms with Gasteiger partial charge in [-0.25, -0.2) is 0 Å². The fraction of sp³-hybridized carbons (Fsp3) is 0.867. The molecule has 1 saturated carbocycles. The van der Waals surface area contributed by atoms with E-state index in [0.717, 1.165) is 18.9 Å². The van der Waals surface area contributed by atoms with Gasteiger partial charge in [0.15, 0.2) is 0 Å². The van der Waals surface area contributed by atoms with Gasteiger partial charge in [0.2, 0.25) is 11.8 Å². The second-order valence-electron chi connectivity index (χ2n) is 6.04. The molecule has 0 bridgehead atoms. The summed E-state index contributed by atoms with van der Waals surface area (Å²) in [6.45, 7) is 6.52. The minimum absolute atomic E-state index is 0.00286. The lowest BCUT2D eigenvalue weighted by atomic mass is 9.82. The largest absolute Gasteiger partial charge is 0.340 e. The molecule has 2 fully saturated rings. The predicted octanol–water partition coefficient (Wildman–Crippen LogP) is 2.08. The van der Waals surface area contributed by atoms with Crippen molar-refractivity contribution >= 4 is 11.8 Å². The van der Waals surface area contributed by atoms with E-state index in [4.69, 9.17) is 0 Å². The first-order valence-corrected chi connectivity index (χ1v) is 7.67. The van der Waals surface area contributed by atoms with Crippen molar-refractivity contribution in [2.45, 2.75) is 70.9 Å². The molecule has 4 heteroatoms. The van der Waals surface area contributed by atoms with E-state index in [9.17, 15) is 9.59 Å². The topological polar surface area (TPSA) is 49.4 Å². The highest BCUT2D eigenvalue weighted by molar-refractivity contribution is 5.99. The Balaban J connectivity index is 2.08. The van der Waals surface area contributed by atoms with Crippen LogP contribution in [0.4, 0.5) is 0 Å². The predicted molar refractivity (Wildman–Crippen MR) is 74.6 cm³/mol. The molecule has 1 atom stereocenters. The maximum Gasteiger partial charge on any atom is 0.248 e. The quantitative estimate of drug-likeness (QED) is 0.828. The van der Waals surface area contributed by atoms with Gasteiger partial charge in [-0.2, -0.15) is 0 Å². The molecule has 0 radical (unpaired) electrons. The van der Waals surface area contributed by atoms with Crippen LogP contribution in [-0.4, -0.2) is 34.8 Å². The summed E-state index contributed by atoms with van der Waals surface area (Å²) in [5, 5.41) is 2.94. The first-order chi connectivity index (χ1) is 9.04. The van der Waals surface area contributed by atoms with Crippen molar-refractivity contribution in [1.29, 1.82) is 0 Å². The van der Waals surface area contributed by atoms with Crippen LogP contribution < -0.4 is 5.32 Å². The third-order valence-corrected chi connectivity index (χ3v) is 5.09. The first-order valence-electron chi connectivity index (χ1n) is 7.67. The zero-order valence-corrected chi connectivity index (χ0v) is 12.4. The van der Waals surface area contributed by atoms with Crippen molar-refractivity contribution in [3.05, 3.63) is 0 Å². The van der Waals surface area contributed by atoms with E-state index in [-0.39, 0.29) is 17.9 Å². The Bertz CT molecular complexity index is 359. The Kier molecular flexibility index (Phi) is 4.16. The number of carbonyl (C=O) groups excluding carboxylic acids is 2. The van der Waals surface area contributed by atoms with E-state index in [2.05, 4.69) is 5.32 Å². The van der Waals surface area contributed by atoms with Gasteiger partial charge >= 0.3 is 0 Å². The van der Waals surface area contributed by atoms with Crippen molar-refractivity contribution in [2.24, 2.45) is 5.92 Å². The van der Waals surface area contributed by atoms with Crippen LogP contribution in [0.25, 0.3) is 0 Å². The van der Waals surface area contributed by atoms with Gasteiger partial charge in [-0.05, 0) is 32.1 Å². The van der Waals surface area contributed by atoms with Crippen LogP contribution in [0.1, 0.15) is 59.3 Å². The summed E-state index contributed by atoms with van der Waals surface area (Å²) in [5.74, 6) is 0.878. The molecule has 108 valence electrons. The van der Waals surface area contributed by atoms with Crippen LogP contribution in [0, 0.1) is 5.92 Å². The highest BCUT2D eigenvalue weighted by Gasteiger charge is 2.47. The standard InChI is InChI=1S/C15H26N2O2/c1-4-15(5-2)14(19)17(11(3)13(18)16-15)10-9-12-7-6-8-12/h11-12H,4-10H2,1-3H3,(H,16,18). The van der Waals surface area contributed by atoms with Gasteiger partial charge in [0.25, 0.3) is 0 Å². The number of rotatable bonds is 5. The fourth-order valence-corrected chi connectivity index (χ4v) is 3.11. The van der Waals surface area contributed by atoms with Crippen LogP contribution in [0.2, 0.25) is 0 Å². The van der Waals surface area contributed by atoms with Gasteiger partial charge < -0.3 is 10.2 Å². The Morgan fingerprint density at radius 1 is 1.26 bits per heavy atom. The average Bonchev–Trinajstić information content (AvgIpc) is 2.36. The Labute approximate surface area is 115 Å².